The number of hydrogen-bond acceptors (Lipinski definition) is 0. The van der Waals surface area contributed by atoms with Crippen LogP contribution < -0.4 is 32.8 Å². The van der Waals surface area contributed by atoms with Gasteiger partial charge >= 0.3 is 0 Å². The van der Waals surface area contributed by atoms with Gasteiger partial charge in [-0.1, -0.05) is 291 Å². The van der Waals surface area contributed by atoms with Crippen LogP contribution in [0.15, 0.2) is 364 Å². The summed E-state index contributed by atoms with van der Waals surface area (Å²) in [4.78, 5) is 0. The second kappa shape index (κ2) is 21.8. The molecule has 494 valence electrons. The molecule has 8 heterocycles. The van der Waals surface area contributed by atoms with Crippen LogP contribution in [0.5, 0.6) is 0 Å². The van der Waals surface area contributed by atoms with E-state index in [0.29, 0.717) is 0 Å². The van der Waals surface area contributed by atoms with Crippen LogP contribution in [-0.4, -0.2) is 31.7 Å². The summed E-state index contributed by atoms with van der Waals surface area (Å²) in [6.45, 7) is -0.563. The van der Waals surface area contributed by atoms with E-state index < -0.39 is 0 Å². The Labute approximate surface area is 623 Å². The topological polar surface area (TPSA) is 19.7 Å². The van der Waals surface area contributed by atoms with Crippen molar-refractivity contribution < 1.29 is 0 Å². The first-order valence-electron chi connectivity index (χ1n) is 37.8. The molecular weight excluding hydrogens is 1300 g/mol. The molecule has 17 aromatic carbocycles. The van der Waals surface area contributed by atoms with E-state index in [-0.39, 0.29) is 13.4 Å². The van der Waals surface area contributed by atoms with Gasteiger partial charge in [0.15, 0.2) is 0 Å². The Morgan fingerprint density at radius 3 is 0.519 bits per heavy atom. The molecule has 4 aliphatic heterocycles. The van der Waals surface area contributed by atoms with Gasteiger partial charge in [0, 0.05) is 65.2 Å². The van der Waals surface area contributed by atoms with E-state index in [1.54, 1.807) is 0 Å². The van der Waals surface area contributed by atoms with Gasteiger partial charge in [-0.15, -0.1) is 0 Å². The summed E-state index contributed by atoms with van der Waals surface area (Å²) < 4.78 is 11.2. The normalized spacial score (nSPS) is 12.8. The lowest BCUT2D eigenvalue weighted by Gasteiger charge is -2.42. The molecule has 4 aromatic heterocycles. The largest absolute Gasteiger partial charge is 0.308 e. The molecule has 21 aromatic rings. The third-order valence-electron chi connectivity index (χ3n) is 24.6. The third kappa shape index (κ3) is 7.94. The van der Waals surface area contributed by atoms with Crippen molar-refractivity contribution in [1.29, 1.82) is 0 Å². The zero-order valence-corrected chi connectivity index (χ0v) is 58.6. The quantitative estimate of drug-likeness (QED) is 0.135. The molecule has 4 nitrogen and oxygen atoms in total. The lowest BCUT2D eigenvalue weighted by Crippen LogP contribution is -2.65. The number of hydrogen-bond donors (Lipinski definition) is 0. The molecule has 0 saturated carbocycles. The molecular formula is C102H60B2N4. The van der Waals surface area contributed by atoms with Crippen molar-refractivity contribution >= 4 is 133 Å². The first kappa shape index (κ1) is 58.5. The van der Waals surface area contributed by atoms with Crippen molar-refractivity contribution in [3.05, 3.63) is 364 Å². The maximum atomic E-state index is 2.79. The maximum absolute atomic E-state index is 2.79. The van der Waals surface area contributed by atoms with E-state index in [0.717, 1.165) is 0 Å². The van der Waals surface area contributed by atoms with Gasteiger partial charge in [0.2, 0.25) is 0 Å². The van der Waals surface area contributed by atoms with Crippen molar-refractivity contribution in [2.45, 2.75) is 0 Å². The van der Waals surface area contributed by atoms with Gasteiger partial charge in [0.1, 0.15) is 0 Å². The van der Waals surface area contributed by atoms with E-state index in [4.69, 9.17) is 0 Å². The van der Waals surface area contributed by atoms with E-state index in [9.17, 15) is 0 Å². The van der Waals surface area contributed by atoms with Gasteiger partial charge in [0.05, 0.1) is 44.8 Å². The molecule has 0 radical (unpaired) electrons. The predicted octanol–water partition coefficient (Wildman–Crippen LogP) is 21.7. The number of benzene rings is 17. The van der Waals surface area contributed by atoms with Crippen molar-refractivity contribution in [2.24, 2.45) is 0 Å². The van der Waals surface area contributed by atoms with Crippen LogP contribution in [0.25, 0.3) is 199 Å². The highest BCUT2D eigenvalue weighted by Gasteiger charge is 2.51. The summed E-state index contributed by atoms with van der Waals surface area (Å²) in [7, 11) is 0. The van der Waals surface area contributed by atoms with Gasteiger partial charge < -0.3 is 18.3 Å². The van der Waals surface area contributed by atoms with E-state index in [2.05, 4.69) is 382 Å². The Balaban J connectivity index is 0.952. The average molecular weight is 1360 g/mol. The fourth-order valence-corrected chi connectivity index (χ4v) is 20.1. The molecule has 0 spiro atoms. The third-order valence-corrected chi connectivity index (χ3v) is 24.6. The van der Waals surface area contributed by atoms with Crippen LogP contribution in [0, 0.1) is 0 Å². The van der Waals surface area contributed by atoms with Gasteiger partial charge in [-0.2, -0.15) is 0 Å². The van der Waals surface area contributed by atoms with Crippen molar-refractivity contribution in [1.82, 2.24) is 18.3 Å². The molecule has 0 amide bonds. The molecule has 0 saturated heterocycles. The van der Waals surface area contributed by atoms with Gasteiger partial charge in [-0.25, -0.2) is 0 Å². The van der Waals surface area contributed by atoms with Crippen LogP contribution >= 0.6 is 0 Å². The van der Waals surface area contributed by atoms with E-state index in [1.807, 2.05) is 0 Å². The molecule has 0 N–H and O–H groups in total. The molecule has 108 heavy (non-hydrogen) atoms. The summed E-state index contributed by atoms with van der Waals surface area (Å²) >= 11 is 0. The Bertz CT molecular complexity index is 6600. The Morgan fingerprint density at radius 1 is 0.148 bits per heavy atom. The number of nitrogens with zero attached hydrogens (tertiary/aromatic N) is 4. The number of fused-ring (bicyclic) bond motifs is 22. The van der Waals surface area contributed by atoms with Crippen molar-refractivity contribution in [2.75, 3.05) is 0 Å². The number of rotatable bonds is 8. The summed E-state index contributed by atoms with van der Waals surface area (Å²) in [5.41, 5.74) is 41.5. The van der Waals surface area contributed by atoms with E-state index in [1.165, 1.54) is 232 Å². The van der Waals surface area contributed by atoms with Crippen LogP contribution in [0.4, 0.5) is 0 Å². The van der Waals surface area contributed by atoms with Crippen LogP contribution in [0.3, 0.4) is 0 Å². The van der Waals surface area contributed by atoms with Gasteiger partial charge in [0.25, 0.3) is 13.4 Å². The van der Waals surface area contributed by atoms with Crippen molar-refractivity contribution in [3.8, 4) is 112 Å². The molecule has 0 fully saturated rings. The minimum atomic E-state index is -0.282. The molecule has 0 unspecified atom stereocenters. The molecule has 4 aliphatic rings. The summed E-state index contributed by atoms with van der Waals surface area (Å²) in [6.07, 6.45) is 0. The minimum absolute atomic E-state index is 0.282. The standard InChI is InChI=1S/C102H60B2N4/c1-9-25-61(26-10-1)69-41-45-89-77(49-69)81-53-73(65-33-17-5-18-34-65)57-85-95(81)105(89)99-93-101(107-91-47-43-71(63-29-13-3-14-30-63)51-79(91)82-54-74(66-35-19-6-20-36-66)58-86(96(82)107)103(85)93)102-94-100(99)106-90-46-42-70(62-27-11-2-12-28-62)50-78(90)83-55-75(67-37-21-7-22-38-67)59-87(97(83)106)104(94)88-60-76(68-39-23-8-24-40-68)56-84-80-52-72(64-31-15-4-16-32-64)44-48-92(80)108(102)98(84)88/h1-60H. The Morgan fingerprint density at radius 2 is 0.324 bits per heavy atom. The molecule has 6 heteroatoms. The fraction of sp³-hybridized carbons (Fsp3) is 0. The van der Waals surface area contributed by atoms with E-state index >= 15 is 0 Å². The summed E-state index contributed by atoms with van der Waals surface area (Å²) in [5.74, 6) is 0. The molecule has 25 rings (SSSR count). The smallest absolute Gasteiger partial charge is 0.252 e. The lowest BCUT2D eigenvalue weighted by atomic mass is 9.31. The van der Waals surface area contributed by atoms with Gasteiger partial charge in [-0.05, 0) is 195 Å². The fourth-order valence-electron chi connectivity index (χ4n) is 20.1. The zero-order valence-electron chi connectivity index (χ0n) is 58.6. The first-order valence-corrected chi connectivity index (χ1v) is 37.8. The lowest BCUT2D eigenvalue weighted by molar-refractivity contribution is 1.06. The maximum Gasteiger partial charge on any atom is 0.252 e. The summed E-state index contributed by atoms with van der Waals surface area (Å²) in [6, 6.07) is 139. The van der Waals surface area contributed by atoms with Crippen LogP contribution in [0.2, 0.25) is 0 Å². The van der Waals surface area contributed by atoms with Crippen LogP contribution in [-0.2, 0) is 0 Å². The Hall–Kier alpha value is -13.9. The predicted molar refractivity (Wildman–Crippen MR) is 457 cm³/mol. The minimum Gasteiger partial charge on any atom is -0.308 e. The Kier molecular flexibility index (Phi) is 11.8. The van der Waals surface area contributed by atoms with Crippen molar-refractivity contribution in [3.63, 3.8) is 0 Å². The molecule has 0 aliphatic carbocycles. The highest BCUT2D eigenvalue weighted by atomic mass is 15.1. The monoisotopic (exact) mass is 1360 g/mol. The highest BCUT2D eigenvalue weighted by molar-refractivity contribution is 7.03. The van der Waals surface area contributed by atoms with Crippen LogP contribution in [0.1, 0.15) is 0 Å². The highest BCUT2D eigenvalue weighted by Crippen LogP contribution is 2.51. The summed E-state index contributed by atoms with van der Waals surface area (Å²) in [5, 5.41) is 9.87. The second-order valence-corrected chi connectivity index (χ2v) is 30.1. The molecule has 0 bridgehead atoms. The molecule has 0 atom stereocenters. The zero-order chi connectivity index (χ0) is 70.1. The SMILES string of the molecule is c1ccc(-c2ccc3c(c2)c2cc(-c4ccccc4)cc4c2n3-c2c3c(c5c6c2-n2c7ccc(-c8ccccc8)cc7c7cc(-c8ccccc8)cc(c72)B6c2cc(-c6ccccc6)cc6c7cc(-c8ccccc8)ccc7n-5c26)-n2c5ccc(-c6ccccc6)cc5c5cc(-c6ccccc6)cc(c52)B34)cc1. The number of aromatic nitrogens is 4. The van der Waals surface area contributed by atoms with Gasteiger partial charge in [-0.3, -0.25) is 0 Å². The average Bonchev–Trinajstić information content (AvgIpc) is 1.43. The second-order valence-electron chi connectivity index (χ2n) is 30.1. The first-order chi connectivity index (χ1) is 53.6.